The molecule has 0 saturated heterocycles. The lowest BCUT2D eigenvalue weighted by molar-refractivity contribution is 0.979. The molecule has 0 aliphatic heterocycles. The van der Waals surface area contributed by atoms with Crippen LogP contribution in [0.3, 0.4) is 0 Å². The highest BCUT2D eigenvalue weighted by molar-refractivity contribution is 7.25. The molecule has 4 nitrogen and oxygen atoms in total. The highest BCUT2D eigenvalue weighted by Crippen LogP contribution is 2.42. The Hall–Kier alpha value is -7.21. The number of rotatable bonds is 6. The summed E-state index contributed by atoms with van der Waals surface area (Å²) in [6.07, 6.45) is 0. The molecule has 11 rings (SSSR count). The summed E-state index contributed by atoms with van der Waals surface area (Å²) in [5.74, 6) is 0.691. The molecule has 56 heavy (non-hydrogen) atoms. The van der Waals surface area contributed by atoms with Crippen molar-refractivity contribution in [1.82, 2.24) is 19.6 Å². The van der Waals surface area contributed by atoms with Crippen molar-refractivity contribution >= 4 is 47.8 Å². The Morgan fingerprint density at radius 3 is 1.75 bits per heavy atom. The van der Waals surface area contributed by atoms with Gasteiger partial charge in [0.25, 0.3) is 0 Å². The lowest BCUT2D eigenvalue weighted by Gasteiger charge is -2.11. The van der Waals surface area contributed by atoms with Gasteiger partial charge in [-0.15, -0.1) is 11.3 Å². The van der Waals surface area contributed by atoms with Gasteiger partial charge in [-0.2, -0.15) is 5.10 Å². The lowest BCUT2D eigenvalue weighted by atomic mass is 9.95. The van der Waals surface area contributed by atoms with Gasteiger partial charge in [0.15, 0.2) is 5.82 Å². The highest BCUT2D eigenvalue weighted by Gasteiger charge is 2.22. The molecule has 0 atom stereocenters. The standard InChI is InChI=1S/C51H32N4S/c1-4-15-33(16-5-1)45-30-36-21-10-11-24-40(36)50-48(34-17-6-2-7-18-34)49(54-55(45)50)39-23-14-22-37(29-39)43-32-44(53-51(52-43)35-19-8-3-9-20-35)38-27-28-42-41-25-12-13-26-46(41)56-47(42)31-38/h1-32H. The number of hydrogen-bond donors (Lipinski definition) is 0. The van der Waals surface area contributed by atoms with Crippen LogP contribution in [0.5, 0.6) is 0 Å². The molecular formula is C51H32N4S. The predicted molar refractivity (Wildman–Crippen MR) is 234 cm³/mol. The van der Waals surface area contributed by atoms with Crippen LogP contribution < -0.4 is 0 Å². The second-order valence-electron chi connectivity index (χ2n) is 14.1. The van der Waals surface area contributed by atoms with Crippen molar-refractivity contribution in [2.75, 3.05) is 0 Å². The molecule has 0 radical (unpaired) electrons. The topological polar surface area (TPSA) is 43.1 Å². The van der Waals surface area contributed by atoms with Crippen molar-refractivity contribution < 1.29 is 0 Å². The molecule has 0 fully saturated rings. The lowest BCUT2D eigenvalue weighted by Crippen LogP contribution is -1.96. The summed E-state index contributed by atoms with van der Waals surface area (Å²) in [5, 5.41) is 10.4. The number of pyridine rings is 1. The van der Waals surface area contributed by atoms with E-state index in [1.54, 1.807) is 0 Å². The van der Waals surface area contributed by atoms with Gasteiger partial charge in [-0.05, 0) is 41.3 Å². The highest BCUT2D eigenvalue weighted by atomic mass is 32.1. The monoisotopic (exact) mass is 732 g/mol. The van der Waals surface area contributed by atoms with E-state index in [9.17, 15) is 0 Å². The van der Waals surface area contributed by atoms with E-state index >= 15 is 0 Å². The molecule has 0 aliphatic rings. The number of fused-ring (bicyclic) bond motifs is 6. The number of aromatic nitrogens is 4. The summed E-state index contributed by atoms with van der Waals surface area (Å²) in [4.78, 5) is 10.4. The van der Waals surface area contributed by atoms with E-state index in [-0.39, 0.29) is 0 Å². The fraction of sp³-hybridized carbons (Fsp3) is 0. The van der Waals surface area contributed by atoms with Crippen molar-refractivity contribution in [2.24, 2.45) is 0 Å². The number of nitrogens with zero attached hydrogens (tertiary/aromatic N) is 4. The zero-order chi connectivity index (χ0) is 37.0. The fourth-order valence-electron chi connectivity index (χ4n) is 7.95. The Morgan fingerprint density at radius 1 is 0.393 bits per heavy atom. The molecule has 0 bridgehead atoms. The minimum absolute atomic E-state index is 0.691. The van der Waals surface area contributed by atoms with Crippen LogP contribution in [0.1, 0.15) is 0 Å². The molecule has 0 N–H and O–H groups in total. The molecule has 0 saturated carbocycles. The van der Waals surface area contributed by atoms with Gasteiger partial charge in [0.2, 0.25) is 0 Å². The van der Waals surface area contributed by atoms with E-state index in [0.717, 1.165) is 72.6 Å². The van der Waals surface area contributed by atoms with Crippen molar-refractivity contribution in [3.05, 3.63) is 194 Å². The largest absolute Gasteiger partial charge is 0.231 e. The van der Waals surface area contributed by atoms with Crippen LogP contribution in [0, 0.1) is 0 Å². The Morgan fingerprint density at radius 2 is 0.982 bits per heavy atom. The third-order valence-electron chi connectivity index (χ3n) is 10.6. The minimum Gasteiger partial charge on any atom is -0.231 e. The quantitative estimate of drug-likeness (QED) is 0.171. The second kappa shape index (κ2) is 13.3. The van der Waals surface area contributed by atoms with Crippen LogP contribution in [0.25, 0.3) is 104 Å². The molecule has 5 heteroatoms. The Labute approximate surface area is 327 Å². The number of benzene rings is 7. The SMILES string of the molecule is c1ccc(-c2nc(-c3cccc(-c4nn5c(-c6ccccc6)cc6ccccc6c5c4-c4ccccc4)c3)cc(-c3ccc4c(c3)sc3ccccc34)n2)cc1. The molecule has 262 valence electrons. The first-order valence-electron chi connectivity index (χ1n) is 18.8. The van der Waals surface area contributed by atoms with Crippen molar-refractivity contribution in [2.45, 2.75) is 0 Å². The third-order valence-corrected chi connectivity index (χ3v) is 11.8. The zero-order valence-corrected chi connectivity index (χ0v) is 31.0. The van der Waals surface area contributed by atoms with Gasteiger partial charge < -0.3 is 0 Å². The Kier molecular flexibility index (Phi) is 7.64. The molecule has 4 heterocycles. The van der Waals surface area contributed by atoms with Crippen LogP contribution in [0.2, 0.25) is 0 Å². The number of thiophene rings is 1. The first-order valence-corrected chi connectivity index (χ1v) is 19.6. The van der Waals surface area contributed by atoms with Crippen molar-refractivity contribution in [1.29, 1.82) is 0 Å². The molecule has 0 unspecified atom stereocenters. The van der Waals surface area contributed by atoms with Gasteiger partial charge in [0.05, 0.1) is 22.6 Å². The van der Waals surface area contributed by atoms with Gasteiger partial charge in [-0.25, -0.2) is 14.5 Å². The maximum absolute atomic E-state index is 5.48. The van der Waals surface area contributed by atoms with Gasteiger partial charge in [-0.3, -0.25) is 0 Å². The maximum Gasteiger partial charge on any atom is 0.160 e. The van der Waals surface area contributed by atoms with E-state index in [0.29, 0.717) is 5.82 Å². The minimum atomic E-state index is 0.691. The summed E-state index contributed by atoms with van der Waals surface area (Å²) in [5.41, 5.74) is 12.2. The first-order chi connectivity index (χ1) is 27.7. The predicted octanol–water partition coefficient (Wildman–Crippen LogP) is 13.6. The van der Waals surface area contributed by atoms with Crippen LogP contribution in [-0.2, 0) is 0 Å². The summed E-state index contributed by atoms with van der Waals surface area (Å²) >= 11 is 1.82. The van der Waals surface area contributed by atoms with E-state index in [2.05, 4.69) is 180 Å². The molecule has 7 aromatic carbocycles. The van der Waals surface area contributed by atoms with Crippen LogP contribution in [0.15, 0.2) is 194 Å². The van der Waals surface area contributed by atoms with Crippen molar-refractivity contribution in [3.8, 4) is 67.5 Å². The second-order valence-corrected chi connectivity index (χ2v) is 15.1. The summed E-state index contributed by atoms with van der Waals surface area (Å²) in [7, 11) is 0. The summed E-state index contributed by atoms with van der Waals surface area (Å²) in [6, 6.07) is 68.4. The van der Waals surface area contributed by atoms with E-state index in [4.69, 9.17) is 15.1 Å². The van der Waals surface area contributed by atoms with Gasteiger partial charge in [-0.1, -0.05) is 164 Å². The third kappa shape index (κ3) is 5.48. The van der Waals surface area contributed by atoms with Crippen molar-refractivity contribution in [3.63, 3.8) is 0 Å². The maximum atomic E-state index is 5.48. The molecule has 11 aromatic rings. The first kappa shape index (κ1) is 32.2. The van der Waals surface area contributed by atoms with Gasteiger partial charge in [0, 0.05) is 58.9 Å². The van der Waals surface area contributed by atoms with Gasteiger partial charge >= 0.3 is 0 Å². The molecule has 4 aromatic heterocycles. The molecule has 0 aliphatic carbocycles. The van der Waals surface area contributed by atoms with E-state index in [1.807, 2.05) is 29.5 Å². The molecular weight excluding hydrogens is 701 g/mol. The Balaban J connectivity index is 1.13. The van der Waals surface area contributed by atoms with E-state index < -0.39 is 0 Å². The smallest absolute Gasteiger partial charge is 0.160 e. The average molecular weight is 733 g/mol. The summed E-state index contributed by atoms with van der Waals surface area (Å²) in [6.45, 7) is 0. The van der Waals surface area contributed by atoms with Crippen LogP contribution in [0.4, 0.5) is 0 Å². The average Bonchev–Trinajstić information content (AvgIpc) is 3.86. The zero-order valence-electron chi connectivity index (χ0n) is 30.2. The molecule has 0 spiro atoms. The Bertz CT molecular complexity index is 3240. The van der Waals surface area contributed by atoms with Crippen LogP contribution >= 0.6 is 11.3 Å². The summed E-state index contributed by atoms with van der Waals surface area (Å²) < 4.78 is 4.67. The fourth-order valence-corrected chi connectivity index (χ4v) is 9.10. The van der Waals surface area contributed by atoms with Crippen LogP contribution in [-0.4, -0.2) is 19.6 Å². The van der Waals surface area contributed by atoms with E-state index in [1.165, 1.54) is 25.6 Å². The normalized spacial score (nSPS) is 11.6. The number of hydrogen-bond acceptors (Lipinski definition) is 4. The van der Waals surface area contributed by atoms with Gasteiger partial charge in [0.1, 0.15) is 5.69 Å². The molecule has 0 amide bonds.